The predicted molar refractivity (Wildman–Crippen MR) is 85.1 cm³/mol. The molecule has 6 nitrogen and oxygen atoms in total. The zero-order chi connectivity index (χ0) is 16.6. The van der Waals surface area contributed by atoms with Gasteiger partial charge < -0.3 is 15.2 Å². The van der Waals surface area contributed by atoms with Crippen molar-refractivity contribution in [3.05, 3.63) is 17.0 Å². The Morgan fingerprint density at radius 3 is 2.65 bits per heavy atom. The minimum atomic E-state index is -0.351. The van der Waals surface area contributed by atoms with E-state index >= 15 is 0 Å². The van der Waals surface area contributed by atoms with Crippen molar-refractivity contribution >= 4 is 11.8 Å². The van der Waals surface area contributed by atoms with Crippen LogP contribution in [0.5, 0.6) is 0 Å². The zero-order valence-corrected chi connectivity index (χ0v) is 13.9. The van der Waals surface area contributed by atoms with E-state index in [9.17, 15) is 9.59 Å². The van der Waals surface area contributed by atoms with Gasteiger partial charge in [0.05, 0.1) is 11.3 Å². The number of primary amides is 1. The minimum absolute atomic E-state index is 0.177. The number of carbonyl (C=O) groups excluding carboxylic acids is 2. The molecule has 3 rings (SSSR count). The van der Waals surface area contributed by atoms with Gasteiger partial charge in [-0.3, -0.25) is 4.79 Å². The maximum Gasteiger partial charge on any atom is 0.314 e. The summed E-state index contributed by atoms with van der Waals surface area (Å²) in [5.41, 5.74) is 6.88. The smallest absolute Gasteiger partial charge is 0.314 e. The van der Waals surface area contributed by atoms with E-state index in [1.807, 2.05) is 0 Å². The van der Waals surface area contributed by atoms with Gasteiger partial charge in [-0.15, -0.1) is 0 Å². The molecule has 1 aliphatic carbocycles. The number of amides is 2. The summed E-state index contributed by atoms with van der Waals surface area (Å²) in [5.74, 6) is 2.18. The van der Waals surface area contributed by atoms with Crippen LogP contribution in [0.25, 0.3) is 0 Å². The number of nitrogens with zero attached hydrogens (tertiary/aromatic N) is 2. The summed E-state index contributed by atoms with van der Waals surface area (Å²) in [6, 6.07) is -0.351. The molecule has 2 amide bonds. The van der Waals surface area contributed by atoms with Crippen LogP contribution >= 0.6 is 0 Å². The molecule has 2 aliphatic rings. The number of likely N-dealkylation sites (tertiary alicyclic amines) is 1. The zero-order valence-electron chi connectivity index (χ0n) is 13.9. The van der Waals surface area contributed by atoms with Crippen molar-refractivity contribution in [2.75, 3.05) is 13.1 Å². The Bertz CT molecular complexity index is 600. The second-order valence-corrected chi connectivity index (χ2v) is 7.24. The molecule has 1 fully saturated rings. The Kier molecular flexibility index (Phi) is 4.41. The number of rotatable bonds is 3. The molecule has 2 N–H and O–H groups in total. The SMILES string of the molecule is CC(C)C1CC(=O)c2c(noc2CC2CCN(C(N)=O)CC2)C1. The van der Waals surface area contributed by atoms with Crippen LogP contribution in [0.1, 0.15) is 54.9 Å². The van der Waals surface area contributed by atoms with Gasteiger partial charge in [-0.2, -0.15) is 0 Å². The number of Topliss-reactive ketones (excluding diaryl/α,β-unsaturated/α-hetero) is 1. The summed E-state index contributed by atoms with van der Waals surface area (Å²) in [7, 11) is 0. The van der Waals surface area contributed by atoms with E-state index in [1.165, 1.54) is 0 Å². The number of ketones is 1. The molecule has 1 aromatic heterocycles. The van der Waals surface area contributed by atoms with Crippen molar-refractivity contribution < 1.29 is 14.1 Å². The molecular formula is C17H25N3O3. The molecule has 1 unspecified atom stereocenters. The molecule has 1 saturated heterocycles. The van der Waals surface area contributed by atoms with E-state index in [4.69, 9.17) is 10.3 Å². The van der Waals surface area contributed by atoms with Gasteiger partial charge in [0.2, 0.25) is 0 Å². The second-order valence-electron chi connectivity index (χ2n) is 7.24. The summed E-state index contributed by atoms with van der Waals surface area (Å²) < 4.78 is 5.52. The number of piperidine rings is 1. The molecular weight excluding hydrogens is 294 g/mol. The Hall–Kier alpha value is -1.85. The van der Waals surface area contributed by atoms with Crippen molar-refractivity contribution in [2.24, 2.45) is 23.5 Å². The van der Waals surface area contributed by atoms with Gasteiger partial charge in [0.25, 0.3) is 0 Å². The number of hydrogen-bond acceptors (Lipinski definition) is 4. The quantitative estimate of drug-likeness (QED) is 0.926. The van der Waals surface area contributed by atoms with Crippen molar-refractivity contribution in [3.8, 4) is 0 Å². The van der Waals surface area contributed by atoms with Crippen LogP contribution in [0.3, 0.4) is 0 Å². The Balaban J connectivity index is 1.67. The van der Waals surface area contributed by atoms with Crippen LogP contribution in [-0.2, 0) is 12.8 Å². The van der Waals surface area contributed by atoms with Crippen molar-refractivity contribution in [1.29, 1.82) is 0 Å². The lowest BCUT2D eigenvalue weighted by Crippen LogP contribution is -2.42. The molecule has 1 aromatic rings. The van der Waals surface area contributed by atoms with Crippen LogP contribution in [0.15, 0.2) is 4.52 Å². The topological polar surface area (TPSA) is 89.4 Å². The lowest BCUT2D eigenvalue weighted by molar-refractivity contribution is 0.0931. The van der Waals surface area contributed by atoms with Crippen LogP contribution in [0.4, 0.5) is 4.79 Å². The third-order valence-corrected chi connectivity index (χ3v) is 5.36. The largest absolute Gasteiger partial charge is 0.360 e. The Morgan fingerprint density at radius 1 is 1.35 bits per heavy atom. The number of fused-ring (bicyclic) bond motifs is 1. The monoisotopic (exact) mass is 319 g/mol. The van der Waals surface area contributed by atoms with E-state index in [0.717, 1.165) is 42.7 Å². The van der Waals surface area contributed by atoms with Gasteiger partial charge >= 0.3 is 6.03 Å². The first-order valence-electron chi connectivity index (χ1n) is 8.50. The molecule has 6 heteroatoms. The summed E-state index contributed by atoms with van der Waals surface area (Å²) in [6.45, 7) is 5.66. The first-order chi connectivity index (χ1) is 11.0. The maximum atomic E-state index is 12.5. The fourth-order valence-corrected chi connectivity index (χ4v) is 3.71. The molecule has 126 valence electrons. The fourth-order valence-electron chi connectivity index (χ4n) is 3.71. The van der Waals surface area contributed by atoms with E-state index in [2.05, 4.69) is 19.0 Å². The molecule has 23 heavy (non-hydrogen) atoms. The van der Waals surface area contributed by atoms with Crippen LogP contribution in [0, 0.1) is 17.8 Å². The van der Waals surface area contributed by atoms with E-state index in [0.29, 0.717) is 37.3 Å². The first-order valence-corrected chi connectivity index (χ1v) is 8.50. The maximum absolute atomic E-state index is 12.5. The van der Waals surface area contributed by atoms with Gasteiger partial charge in [-0.05, 0) is 37.0 Å². The number of carbonyl (C=O) groups is 2. The second kappa shape index (κ2) is 6.34. The summed E-state index contributed by atoms with van der Waals surface area (Å²) >= 11 is 0. The third-order valence-electron chi connectivity index (χ3n) is 5.36. The van der Waals surface area contributed by atoms with Gasteiger partial charge in [0, 0.05) is 25.9 Å². The predicted octanol–water partition coefficient (Wildman–Crippen LogP) is 2.41. The summed E-state index contributed by atoms with van der Waals surface area (Å²) in [6.07, 6.45) is 3.94. The van der Waals surface area contributed by atoms with Gasteiger partial charge in [-0.25, -0.2) is 4.79 Å². The van der Waals surface area contributed by atoms with Gasteiger partial charge in [-0.1, -0.05) is 19.0 Å². The van der Waals surface area contributed by atoms with Crippen molar-refractivity contribution in [2.45, 2.75) is 46.0 Å². The van der Waals surface area contributed by atoms with Gasteiger partial charge in [0.15, 0.2) is 5.78 Å². The van der Waals surface area contributed by atoms with Crippen molar-refractivity contribution in [3.63, 3.8) is 0 Å². The highest BCUT2D eigenvalue weighted by atomic mass is 16.5. The number of aromatic nitrogens is 1. The standard InChI is InChI=1S/C17H25N3O3/c1-10(2)12-8-13-16(14(21)9-12)15(23-19-13)7-11-3-5-20(6-4-11)17(18)22/h10-12H,3-9H2,1-2H3,(H2,18,22). The van der Waals surface area contributed by atoms with E-state index in [1.54, 1.807) is 4.90 Å². The van der Waals surface area contributed by atoms with Crippen LogP contribution in [0.2, 0.25) is 0 Å². The highest BCUT2D eigenvalue weighted by molar-refractivity contribution is 5.99. The van der Waals surface area contributed by atoms with Gasteiger partial charge in [0.1, 0.15) is 5.76 Å². The average Bonchev–Trinajstić information content (AvgIpc) is 2.91. The summed E-state index contributed by atoms with van der Waals surface area (Å²) in [5, 5.41) is 4.17. The first kappa shape index (κ1) is 16.0. The average molecular weight is 319 g/mol. The number of nitrogens with two attached hydrogens (primary N) is 1. The highest BCUT2D eigenvalue weighted by Crippen LogP contribution is 2.33. The normalized spacial score (nSPS) is 22.5. The number of urea groups is 1. The Morgan fingerprint density at radius 2 is 2.04 bits per heavy atom. The molecule has 0 bridgehead atoms. The van der Waals surface area contributed by atoms with Crippen LogP contribution < -0.4 is 5.73 Å². The molecule has 0 saturated carbocycles. The molecule has 1 atom stereocenters. The lowest BCUT2D eigenvalue weighted by atomic mass is 9.79. The third kappa shape index (κ3) is 3.26. The minimum Gasteiger partial charge on any atom is -0.360 e. The van der Waals surface area contributed by atoms with E-state index in [-0.39, 0.29) is 11.8 Å². The number of hydrogen-bond donors (Lipinski definition) is 1. The lowest BCUT2D eigenvalue weighted by Gasteiger charge is -2.30. The molecule has 2 heterocycles. The van der Waals surface area contributed by atoms with Crippen LogP contribution in [-0.4, -0.2) is 35.0 Å². The highest BCUT2D eigenvalue weighted by Gasteiger charge is 2.34. The molecule has 1 aliphatic heterocycles. The molecule has 0 aromatic carbocycles. The Labute approximate surface area is 136 Å². The summed E-state index contributed by atoms with van der Waals surface area (Å²) in [4.78, 5) is 25.3. The van der Waals surface area contributed by atoms with E-state index < -0.39 is 0 Å². The molecule has 0 spiro atoms. The van der Waals surface area contributed by atoms with Crippen molar-refractivity contribution in [1.82, 2.24) is 10.1 Å². The fraction of sp³-hybridized carbons (Fsp3) is 0.706. The molecule has 0 radical (unpaired) electrons.